The van der Waals surface area contributed by atoms with E-state index in [0.717, 1.165) is 32.7 Å². The molecule has 1 atom stereocenters. The van der Waals surface area contributed by atoms with E-state index in [1.165, 1.54) is 18.2 Å². The Morgan fingerprint density at radius 2 is 2.05 bits per heavy atom. The van der Waals surface area contributed by atoms with Crippen molar-refractivity contribution in [3.8, 4) is 0 Å². The molecular formula is C14H16ClFN2O. The van der Waals surface area contributed by atoms with Crippen molar-refractivity contribution < 1.29 is 9.18 Å². The highest BCUT2D eigenvalue weighted by molar-refractivity contribution is 6.31. The third kappa shape index (κ3) is 2.66. The molecule has 1 unspecified atom stereocenters. The molecule has 3 nitrogen and oxygen atoms in total. The van der Waals surface area contributed by atoms with Crippen molar-refractivity contribution in [1.82, 2.24) is 9.80 Å². The van der Waals surface area contributed by atoms with E-state index < -0.39 is 0 Å². The zero-order chi connectivity index (χ0) is 13.4. The molecule has 0 aliphatic carbocycles. The van der Waals surface area contributed by atoms with Gasteiger partial charge < -0.3 is 0 Å². The number of hydrogen-bond acceptors (Lipinski definition) is 3. The minimum absolute atomic E-state index is 0.0539. The molecule has 2 bridgehead atoms. The summed E-state index contributed by atoms with van der Waals surface area (Å²) >= 11 is 6.02. The molecule has 0 saturated carbocycles. The fraction of sp³-hybridized carbons (Fsp3) is 0.500. The lowest BCUT2D eigenvalue weighted by Gasteiger charge is -2.46. The number of Topliss-reactive ketones (excluding diaryl/α,β-unsaturated/α-hetero) is 1. The Kier molecular flexibility index (Phi) is 3.56. The molecule has 19 heavy (non-hydrogen) atoms. The molecule has 0 spiro atoms. The largest absolute Gasteiger partial charge is 0.299 e. The molecule has 0 radical (unpaired) electrons. The number of halogens is 2. The molecule has 0 N–H and O–H groups in total. The highest BCUT2D eigenvalue weighted by Crippen LogP contribution is 2.21. The molecule has 3 aliphatic rings. The number of benzene rings is 1. The first-order chi connectivity index (χ1) is 9.13. The van der Waals surface area contributed by atoms with E-state index in [0.29, 0.717) is 10.6 Å². The summed E-state index contributed by atoms with van der Waals surface area (Å²) in [5.74, 6) is -0.210. The molecule has 1 aromatic rings. The van der Waals surface area contributed by atoms with E-state index >= 15 is 0 Å². The number of carbonyl (C=O) groups is 1. The van der Waals surface area contributed by atoms with Gasteiger partial charge in [0.2, 0.25) is 0 Å². The van der Waals surface area contributed by atoms with E-state index in [1.807, 2.05) is 0 Å². The fourth-order valence-electron chi connectivity index (χ4n) is 2.91. The van der Waals surface area contributed by atoms with Crippen molar-refractivity contribution in [3.63, 3.8) is 0 Å². The average molecular weight is 283 g/mol. The maximum atomic E-state index is 13.2. The van der Waals surface area contributed by atoms with Crippen LogP contribution in [-0.4, -0.2) is 54.3 Å². The molecule has 4 rings (SSSR count). The standard InChI is InChI=1S/C14H16ClFN2O/c15-12-2-1-11(16)7-10(12)8-14(19)13-9-17-3-5-18(13)6-4-17/h1-2,7,13H,3-6,8-9H2. The van der Waals surface area contributed by atoms with E-state index in [-0.39, 0.29) is 24.1 Å². The lowest BCUT2D eigenvalue weighted by molar-refractivity contribution is -0.128. The van der Waals surface area contributed by atoms with Crippen LogP contribution in [0, 0.1) is 5.82 Å². The summed E-state index contributed by atoms with van der Waals surface area (Å²) in [7, 11) is 0. The van der Waals surface area contributed by atoms with Crippen molar-refractivity contribution in [2.24, 2.45) is 0 Å². The van der Waals surface area contributed by atoms with Gasteiger partial charge in [0.1, 0.15) is 5.82 Å². The number of nitrogens with zero attached hydrogens (tertiary/aromatic N) is 2. The predicted octanol–water partition coefficient (Wildman–Crippen LogP) is 1.59. The summed E-state index contributed by atoms with van der Waals surface area (Å²) in [5.41, 5.74) is 0.587. The van der Waals surface area contributed by atoms with Gasteiger partial charge in [-0.1, -0.05) is 11.6 Å². The van der Waals surface area contributed by atoms with Gasteiger partial charge in [-0.3, -0.25) is 14.6 Å². The van der Waals surface area contributed by atoms with Crippen molar-refractivity contribution in [2.75, 3.05) is 32.7 Å². The van der Waals surface area contributed by atoms with Crippen LogP contribution in [-0.2, 0) is 11.2 Å². The predicted molar refractivity (Wildman–Crippen MR) is 71.9 cm³/mol. The topological polar surface area (TPSA) is 23.6 Å². The summed E-state index contributed by atoms with van der Waals surface area (Å²) in [6, 6.07) is 4.13. The Balaban J connectivity index is 1.73. The second-order valence-electron chi connectivity index (χ2n) is 5.23. The van der Waals surface area contributed by atoms with E-state index in [1.54, 1.807) is 0 Å². The maximum absolute atomic E-state index is 13.2. The van der Waals surface area contributed by atoms with Crippen molar-refractivity contribution in [2.45, 2.75) is 12.5 Å². The van der Waals surface area contributed by atoms with Gasteiger partial charge in [-0.15, -0.1) is 0 Å². The lowest BCUT2D eigenvalue weighted by Crippen LogP contribution is -2.63. The summed E-state index contributed by atoms with van der Waals surface area (Å²) in [6.45, 7) is 4.79. The molecule has 3 saturated heterocycles. The second kappa shape index (κ2) is 5.19. The highest BCUT2D eigenvalue weighted by Gasteiger charge is 2.35. The van der Waals surface area contributed by atoms with Crippen LogP contribution in [0.5, 0.6) is 0 Å². The molecule has 5 heteroatoms. The number of ketones is 1. The Morgan fingerprint density at radius 1 is 1.32 bits per heavy atom. The quantitative estimate of drug-likeness (QED) is 0.841. The van der Waals surface area contributed by atoms with Crippen molar-refractivity contribution in [3.05, 3.63) is 34.6 Å². The third-order valence-corrected chi connectivity index (χ3v) is 4.39. The first-order valence-electron chi connectivity index (χ1n) is 6.56. The average Bonchev–Trinajstić information content (AvgIpc) is 2.44. The van der Waals surface area contributed by atoms with Gasteiger partial charge >= 0.3 is 0 Å². The van der Waals surface area contributed by atoms with E-state index in [2.05, 4.69) is 9.80 Å². The lowest BCUT2D eigenvalue weighted by atomic mass is 9.98. The molecule has 3 aliphatic heterocycles. The van der Waals surface area contributed by atoms with Crippen LogP contribution >= 0.6 is 11.6 Å². The smallest absolute Gasteiger partial charge is 0.155 e. The van der Waals surface area contributed by atoms with Gasteiger partial charge in [0.05, 0.1) is 6.04 Å². The van der Waals surface area contributed by atoms with Crippen molar-refractivity contribution >= 4 is 17.4 Å². The first kappa shape index (κ1) is 13.0. The monoisotopic (exact) mass is 282 g/mol. The molecule has 1 aromatic carbocycles. The van der Waals surface area contributed by atoms with Crippen LogP contribution < -0.4 is 0 Å². The molecule has 3 heterocycles. The fourth-order valence-corrected chi connectivity index (χ4v) is 3.09. The SMILES string of the molecule is O=C(Cc1cc(F)ccc1Cl)C1CN2CCN1CC2. The van der Waals surface area contributed by atoms with Gasteiger partial charge in [0.15, 0.2) is 5.78 Å². The number of hydrogen-bond donors (Lipinski definition) is 0. The zero-order valence-electron chi connectivity index (χ0n) is 10.6. The first-order valence-corrected chi connectivity index (χ1v) is 6.94. The van der Waals surface area contributed by atoms with Crippen LogP contribution in [0.2, 0.25) is 5.02 Å². The maximum Gasteiger partial charge on any atom is 0.155 e. The van der Waals surface area contributed by atoms with Gasteiger partial charge in [0.25, 0.3) is 0 Å². The summed E-state index contributed by atoms with van der Waals surface area (Å²) in [5, 5.41) is 0.464. The molecule has 3 fully saturated rings. The minimum atomic E-state index is -0.346. The summed E-state index contributed by atoms with van der Waals surface area (Å²) in [4.78, 5) is 16.9. The zero-order valence-corrected chi connectivity index (χ0v) is 11.4. The number of piperazine rings is 3. The highest BCUT2D eigenvalue weighted by atomic mass is 35.5. The Labute approximate surface area is 116 Å². The number of rotatable bonds is 3. The second-order valence-corrected chi connectivity index (χ2v) is 5.64. The van der Waals surface area contributed by atoms with Gasteiger partial charge in [-0.2, -0.15) is 0 Å². The molecule has 102 valence electrons. The van der Waals surface area contributed by atoms with Gasteiger partial charge in [-0.25, -0.2) is 4.39 Å². The Morgan fingerprint density at radius 3 is 2.68 bits per heavy atom. The van der Waals surface area contributed by atoms with Gasteiger partial charge in [-0.05, 0) is 23.8 Å². The Hall–Kier alpha value is -0.970. The van der Waals surface area contributed by atoms with Gasteiger partial charge in [0, 0.05) is 44.2 Å². The van der Waals surface area contributed by atoms with E-state index in [4.69, 9.17) is 11.6 Å². The summed E-state index contributed by atoms with van der Waals surface area (Å²) in [6.07, 6.45) is 0.214. The molecule has 0 amide bonds. The minimum Gasteiger partial charge on any atom is -0.299 e. The number of carbonyl (C=O) groups excluding carboxylic acids is 1. The number of fused-ring (bicyclic) bond motifs is 3. The van der Waals surface area contributed by atoms with Crippen LogP contribution in [0.15, 0.2) is 18.2 Å². The van der Waals surface area contributed by atoms with E-state index in [9.17, 15) is 9.18 Å². The van der Waals surface area contributed by atoms with Crippen LogP contribution in [0.4, 0.5) is 4.39 Å². The Bertz CT molecular complexity index is 500. The van der Waals surface area contributed by atoms with Crippen LogP contribution in [0.1, 0.15) is 5.56 Å². The molecule has 0 aromatic heterocycles. The van der Waals surface area contributed by atoms with Crippen LogP contribution in [0.3, 0.4) is 0 Å². The third-order valence-electron chi connectivity index (χ3n) is 4.02. The molecular weight excluding hydrogens is 267 g/mol. The normalized spacial score (nSPS) is 29.5. The van der Waals surface area contributed by atoms with Crippen molar-refractivity contribution in [1.29, 1.82) is 0 Å². The summed E-state index contributed by atoms with van der Waals surface area (Å²) < 4.78 is 13.2. The van der Waals surface area contributed by atoms with Crippen LogP contribution in [0.25, 0.3) is 0 Å².